The molecule has 4 aliphatic carbocycles. The van der Waals surface area contributed by atoms with Gasteiger partial charge in [0.15, 0.2) is 0 Å². The molecule has 4 fully saturated rings. The van der Waals surface area contributed by atoms with Crippen LogP contribution in [0.3, 0.4) is 0 Å². The SMILES string of the molecule is O=C(Cc1ccc(Br)s1)C1C2CC3CC(C2)CC1C3. The quantitative estimate of drug-likeness (QED) is 0.780. The van der Waals surface area contributed by atoms with Gasteiger partial charge in [0.05, 0.1) is 3.79 Å². The van der Waals surface area contributed by atoms with Crippen LogP contribution in [0.2, 0.25) is 0 Å². The topological polar surface area (TPSA) is 17.1 Å². The van der Waals surface area contributed by atoms with Crippen LogP contribution in [0.5, 0.6) is 0 Å². The van der Waals surface area contributed by atoms with E-state index < -0.39 is 0 Å². The predicted molar refractivity (Wildman–Crippen MR) is 81.3 cm³/mol. The maximum Gasteiger partial charge on any atom is 0.141 e. The summed E-state index contributed by atoms with van der Waals surface area (Å²) in [6.07, 6.45) is 7.51. The fourth-order valence-electron chi connectivity index (χ4n) is 5.19. The third kappa shape index (κ3) is 2.23. The van der Waals surface area contributed by atoms with Crippen molar-refractivity contribution in [3.05, 3.63) is 20.8 Å². The highest BCUT2D eigenvalue weighted by molar-refractivity contribution is 9.11. The van der Waals surface area contributed by atoms with E-state index in [2.05, 4.69) is 28.1 Å². The zero-order valence-electron chi connectivity index (χ0n) is 11.0. The number of Topliss-reactive ketones (excluding diaryl/α,β-unsaturated/α-hetero) is 1. The molecule has 0 amide bonds. The first-order chi connectivity index (χ1) is 9.19. The summed E-state index contributed by atoms with van der Waals surface area (Å²) >= 11 is 5.20. The molecule has 19 heavy (non-hydrogen) atoms. The van der Waals surface area contributed by atoms with Gasteiger partial charge >= 0.3 is 0 Å². The van der Waals surface area contributed by atoms with Crippen LogP contribution in [0.1, 0.15) is 37.0 Å². The molecule has 0 radical (unpaired) electrons. The minimum atomic E-state index is 0.397. The largest absolute Gasteiger partial charge is 0.299 e. The van der Waals surface area contributed by atoms with Gasteiger partial charge in [0.25, 0.3) is 0 Å². The van der Waals surface area contributed by atoms with Crippen molar-refractivity contribution < 1.29 is 4.79 Å². The van der Waals surface area contributed by atoms with Crippen molar-refractivity contribution in [1.82, 2.24) is 0 Å². The highest BCUT2D eigenvalue weighted by atomic mass is 79.9. The predicted octanol–water partition coefficient (Wildman–Crippen LogP) is 4.69. The summed E-state index contributed by atoms with van der Waals surface area (Å²) in [5.41, 5.74) is 0. The number of hydrogen-bond donors (Lipinski definition) is 0. The molecule has 102 valence electrons. The molecule has 5 rings (SSSR count). The molecule has 0 atom stereocenters. The first kappa shape index (κ1) is 12.6. The van der Waals surface area contributed by atoms with Crippen molar-refractivity contribution in [2.75, 3.05) is 0 Å². The van der Waals surface area contributed by atoms with Gasteiger partial charge in [-0.1, -0.05) is 0 Å². The van der Waals surface area contributed by atoms with E-state index in [1.54, 1.807) is 11.3 Å². The summed E-state index contributed by atoms with van der Waals surface area (Å²) < 4.78 is 1.14. The smallest absolute Gasteiger partial charge is 0.141 e. The zero-order chi connectivity index (χ0) is 13.0. The second-order valence-electron chi connectivity index (χ2n) is 6.81. The Kier molecular flexibility index (Phi) is 3.11. The molecule has 1 heterocycles. The van der Waals surface area contributed by atoms with Crippen LogP contribution >= 0.6 is 27.3 Å². The number of hydrogen-bond acceptors (Lipinski definition) is 2. The maximum atomic E-state index is 12.7. The van der Waals surface area contributed by atoms with Crippen LogP contribution in [-0.4, -0.2) is 5.78 Å². The molecule has 3 heteroatoms. The van der Waals surface area contributed by atoms with Crippen LogP contribution in [0.15, 0.2) is 15.9 Å². The van der Waals surface area contributed by atoms with E-state index >= 15 is 0 Å². The molecule has 0 aliphatic heterocycles. The fraction of sp³-hybridized carbons (Fsp3) is 0.688. The van der Waals surface area contributed by atoms with E-state index in [9.17, 15) is 4.79 Å². The number of halogens is 1. The molecule has 4 aliphatic rings. The Labute approximate surface area is 126 Å². The molecular formula is C16H19BrOS. The van der Waals surface area contributed by atoms with Crippen molar-refractivity contribution in [2.24, 2.45) is 29.6 Å². The number of carbonyl (C=O) groups excluding carboxylic acids is 1. The van der Waals surface area contributed by atoms with Gasteiger partial charge in [-0.2, -0.15) is 0 Å². The minimum absolute atomic E-state index is 0.397. The Morgan fingerprint density at radius 1 is 1.11 bits per heavy atom. The van der Waals surface area contributed by atoms with Crippen LogP contribution in [0, 0.1) is 29.6 Å². The van der Waals surface area contributed by atoms with Gasteiger partial charge < -0.3 is 0 Å². The van der Waals surface area contributed by atoms with Gasteiger partial charge in [-0.15, -0.1) is 11.3 Å². The van der Waals surface area contributed by atoms with Crippen LogP contribution in [0.25, 0.3) is 0 Å². The zero-order valence-corrected chi connectivity index (χ0v) is 13.4. The molecule has 0 spiro atoms. The van der Waals surface area contributed by atoms with Crippen molar-refractivity contribution in [2.45, 2.75) is 38.5 Å². The average Bonchev–Trinajstić information content (AvgIpc) is 2.73. The summed E-state index contributed by atoms with van der Waals surface area (Å²) in [6.45, 7) is 0. The summed E-state index contributed by atoms with van der Waals surface area (Å²) in [5, 5.41) is 0. The molecule has 0 aromatic carbocycles. The third-order valence-corrected chi connectivity index (χ3v) is 7.20. The van der Waals surface area contributed by atoms with Crippen molar-refractivity contribution >= 4 is 33.0 Å². The third-order valence-electron chi connectivity index (χ3n) is 5.58. The summed E-state index contributed by atoms with van der Waals surface area (Å²) in [4.78, 5) is 13.9. The molecule has 4 saturated carbocycles. The Hall–Kier alpha value is -0.150. The Bertz CT molecular complexity index is 479. The lowest BCUT2D eigenvalue weighted by Gasteiger charge is -2.53. The van der Waals surface area contributed by atoms with Gasteiger partial charge in [-0.3, -0.25) is 4.79 Å². The summed E-state index contributed by atoms with van der Waals surface area (Å²) in [7, 11) is 0. The second-order valence-corrected chi connectivity index (χ2v) is 9.35. The Morgan fingerprint density at radius 3 is 2.26 bits per heavy atom. The molecule has 0 unspecified atom stereocenters. The van der Waals surface area contributed by atoms with E-state index in [4.69, 9.17) is 0 Å². The summed E-state index contributed by atoms with van der Waals surface area (Å²) in [6, 6.07) is 4.16. The molecule has 1 aromatic rings. The van der Waals surface area contributed by atoms with Crippen molar-refractivity contribution in [3.63, 3.8) is 0 Å². The average molecular weight is 339 g/mol. The number of carbonyl (C=O) groups is 1. The molecule has 0 N–H and O–H groups in total. The van der Waals surface area contributed by atoms with Crippen LogP contribution < -0.4 is 0 Å². The first-order valence-corrected chi connectivity index (χ1v) is 9.07. The van der Waals surface area contributed by atoms with Crippen molar-refractivity contribution in [1.29, 1.82) is 0 Å². The second kappa shape index (κ2) is 4.70. The number of ketones is 1. The lowest BCUT2D eigenvalue weighted by Crippen LogP contribution is -2.48. The lowest BCUT2D eigenvalue weighted by atomic mass is 9.51. The molecular weight excluding hydrogens is 320 g/mol. The van der Waals surface area contributed by atoms with E-state index in [-0.39, 0.29) is 0 Å². The molecule has 4 bridgehead atoms. The lowest BCUT2D eigenvalue weighted by molar-refractivity contribution is -0.135. The van der Waals surface area contributed by atoms with E-state index in [0.717, 1.165) is 27.5 Å². The minimum Gasteiger partial charge on any atom is -0.299 e. The van der Waals surface area contributed by atoms with Gasteiger partial charge in [-0.25, -0.2) is 0 Å². The van der Waals surface area contributed by atoms with E-state index in [1.165, 1.54) is 37.0 Å². The maximum absolute atomic E-state index is 12.7. The van der Waals surface area contributed by atoms with Crippen LogP contribution in [-0.2, 0) is 11.2 Å². The Balaban J connectivity index is 1.51. The Morgan fingerprint density at radius 2 is 1.74 bits per heavy atom. The molecule has 0 saturated heterocycles. The van der Waals surface area contributed by atoms with Gasteiger partial charge in [-0.05, 0) is 83.8 Å². The van der Waals surface area contributed by atoms with Crippen LogP contribution in [0.4, 0.5) is 0 Å². The van der Waals surface area contributed by atoms with Gasteiger partial charge in [0.2, 0.25) is 0 Å². The fourth-order valence-corrected chi connectivity index (χ4v) is 6.68. The van der Waals surface area contributed by atoms with Gasteiger partial charge in [0, 0.05) is 17.2 Å². The van der Waals surface area contributed by atoms with Crippen molar-refractivity contribution in [3.8, 4) is 0 Å². The first-order valence-electron chi connectivity index (χ1n) is 7.46. The molecule has 1 aromatic heterocycles. The summed E-state index contributed by atoms with van der Waals surface area (Å²) in [5.74, 6) is 4.31. The highest BCUT2D eigenvalue weighted by Gasteiger charge is 2.50. The standard InChI is InChI=1S/C16H19BrOS/c17-15-2-1-13(19-15)8-14(18)16-11-4-9-3-10(6-11)7-12(16)5-9/h1-2,9-12,16H,3-8H2. The molecule has 1 nitrogen and oxygen atoms in total. The monoisotopic (exact) mass is 338 g/mol. The normalized spacial score (nSPS) is 39.7. The number of thiophene rings is 1. The van der Waals surface area contributed by atoms with Gasteiger partial charge in [0.1, 0.15) is 5.78 Å². The van der Waals surface area contributed by atoms with E-state index in [0.29, 0.717) is 18.1 Å². The number of rotatable bonds is 3. The highest BCUT2D eigenvalue weighted by Crippen LogP contribution is 2.56. The van der Waals surface area contributed by atoms with E-state index in [1.807, 2.05) is 0 Å².